The average molecular weight is 347 g/mol. The Morgan fingerprint density at radius 1 is 1.41 bits per heavy atom. The number of likely N-dealkylation sites (N-methyl/N-ethyl adjacent to an activating group) is 1. The van der Waals surface area contributed by atoms with Crippen LogP contribution in [-0.4, -0.2) is 82.4 Å². The Balaban J connectivity index is 4.84. The van der Waals surface area contributed by atoms with Crippen LogP contribution in [0.4, 0.5) is 9.59 Å². The molecule has 22 heavy (non-hydrogen) atoms. The molecule has 0 aliphatic carbocycles. The third-order valence-corrected chi connectivity index (χ3v) is 3.31. The van der Waals surface area contributed by atoms with Gasteiger partial charge in [0.2, 0.25) is 5.96 Å². The minimum absolute atomic E-state index is 0.0471. The highest BCUT2D eigenvalue weighted by molar-refractivity contribution is 7.57. The van der Waals surface area contributed by atoms with E-state index >= 15 is 0 Å². The van der Waals surface area contributed by atoms with E-state index < -0.39 is 23.8 Å². The fourth-order valence-electron chi connectivity index (χ4n) is 1.20. The Morgan fingerprint density at radius 2 is 2.09 bits per heavy atom. The van der Waals surface area contributed by atoms with Crippen LogP contribution in [0.25, 0.3) is 0 Å². The van der Waals surface area contributed by atoms with Crippen molar-refractivity contribution in [2.75, 3.05) is 34.2 Å². The molecule has 2 atom stereocenters. The molecule has 0 spiro atoms. The predicted molar refractivity (Wildman–Crippen MR) is 90.3 cm³/mol. The molecule has 0 rings (SSSR count). The van der Waals surface area contributed by atoms with E-state index in [-0.39, 0.29) is 11.6 Å². The molecule has 0 aromatic carbocycles. The molecule has 0 aliphatic heterocycles. The maximum Gasteiger partial charge on any atom is 0.417 e. The van der Waals surface area contributed by atoms with Crippen LogP contribution in [0.15, 0.2) is 4.99 Å². The molecule has 4 N–H and O–H groups in total. The molecule has 0 fully saturated rings. The monoisotopic (exact) mass is 347 g/mol. The van der Waals surface area contributed by atoms with E-state index in [0.717, 1.165) is 0 Å². The maximum absolute atomic E-state index is 12.1. The summed E-state index contributed by atoms with van der Waals surface area (Å²) in [7, 11) is 10.00. The lowest BCUT2D eigenvalue weighted by molar-refractivity contribution is 0.210. The number of hydrogen-bond acceptors (Lipinski definition) is 8. The molecule has 0 bridgehead atoms. The standard InChI is InChI=1S/C8H19B2N6O4P2/c1-11-6(12-7(17)20-22-13-9)16(5-4-15(2)3)8(18)21-14-10-19/h13-14,19,21-22H,4-5H2,1-3H3,(H,11,12,17). The minimum atomic E-state index is -0.787. The number of guanidine groups is 1. The molecule has 0 heterocycles. The lowest BCUT2D eigenvalue weighted by Crippen LogP contribution is -2.48. The highest BCUT2D eigenvalue weighted by Gasteiger charge is 2.21. The molecular weight excluding hydrogens is 328 g/mol. The minimum Gasteiger partial charge on any atom is -0.440 e. The van der Waals surface area contributed by atoms with Gasteiger partial charge in [0.05, 0.1) is 0 Å². The number of carbonyl (C=O) groups is 2. The fourth-order valence-corrected chi connectivity index (χ4v) is 1.95. The van der Waals surface area contributed by atoms with Gasteiger partial charge in [-0.1, -0.05) is 0 Å². The number of nitrogens with zero attached hydrogens (tertiary/aromatic N) is 3. The molecule has 10 nitrogen and oxygen atoms in total. The maximum atomic E-state index is 12.1. The zero-order valence-corrected chi connectivity index (χ0v) is 14.6. The second-order valence-electron chi connectivity index (χ2n) is 3.97. The van der Waals surface area contributed by atoms with Gasteiger partial charge < -0.3 is 24.4 Å². The van der Waals surface area contributed by atoms with Gasteiger partial charge in [-0.05, 0) is 14.1 Å². The first-order chi connectivity index (χ1) is 10.5. The zero-order chi connectivity index (χ0) is 17.0. The van der Waals surface area contributed by atoms with Gasteiger partial charge in [0.25, 0.3) is 5.65 Å². The molecule has 2 unspecified atom stereocenters. The smallest absolute Gasteiger partial charge is 0.417 e. The van der Waals surface area contributed by atoms with Gasteiger partial charge in [-0.3, -0.25) is 20.0 Å². The van der Waals surface area contributed by atoms with Crippen LogP contribution in [0.3, 0.4) is 0 Å². The third kappa shape index (κ3) is 9.30. The van der Waals surface area contributed by atoms with Crippen molar-refractivity contribution in [3.8, 4) is 0 Å². The van der Waals surface area contributed by atoms with E-state index in [2.05, 4.69) is 20.3 Å². The summed E-state index contributed by atoms with van der Waals surface area (Å²) < 4.78 is 4.71. The van der Waals surface area contributed by atoms with Gasteiger partial charge in [0.1, 0.15) is 8.96 Å². The summed E-state index contributed by atoms with van der Waals surface area (Å²) in [5.41, 5.74) is -0.354. The number of aliphatic imine (C=N–C) groups is 1. The van der Waals surface area contributed by atoms with Gasteiger partial charge in [0.15, 0.2) is 7.98 Å². The van der Waals surface area contributed by atoms with E-state index in [9.17, 15) is 9.59 Å². The third-order valence-electron chi connectivity index (χ3n) is 2.14. The summed E-state index contributed by atoms with van der Waals surface area (Å²) in [5.74, 6) is 0.0471. The Morgan fingerprint density at radius 3 is 2.59 bits per heavy atom. The van der Waals surface area contributed by atoms with Gasteiger partial charge in [0, 0.05) is 28.9 Å². The van der Waals surface area contributed by atoms with Gasteiger partial charge in [-0.2, -0.15) is 0 Å². The number of hydrogen-bond donors (Lipinski definition) is 4. The van der Waals surface area contributed by atoms with Crippen LogP contribution in [-0.2, 0) is 4.52 Å². The first-order valence-electron chi connectivity index (χ1n) is 6.05. The first-order valence-corrected chi connectivity index (χ1v) is 7.96. The summed E-state index contributed by atoms with van der Waals surface area (Å²) >= 11 is 0. The molecule has 121 valence electrons. The van der Waals surface area contributed by atoms with Crippen molar-refractivity contribution in [1.29, 1.82) is 0 Å². The summed E-state index contributed by atoms with van der Waals surface area (Å²) in [6.07, 6.45) is -0.787. The summed E-state index contributed by atoms with van der Waals surface area (Å²) in [6.45, 7) is 0.858. The van der Waals surface area contributed by atoms with E-state index in [4.69, 9.17) is 17.5 Å². The van der Waals surface area contributed by atoms with Crippen LogP contribution in [0.5, 0.6) is 0 Å². The van der Waals surface area contributed by atoms with Crippen molar-refractivity contribution in [1.82, 2.24) is 25.1 Å². The quantitative estimate of drug-likeness (QED) is 0.184. The Bertz CT molecular complexity index is 390. The Labute approximate surface area is 135 Å². The molecule has 0 aromatic heterocycles. The van der Waals surface area contributed by atoms with Gasteiger partial charge in [-0.15, -0.1) is 0 Å². The number of amides is 2. The molecule has 0 aromatic rings. The van der Waals surface area contributed by atoms with Crippen molar-refractivity contribution in [3.63, 3.8) is 0 Å². The van der Waals surface area contributed by atoms with Crippen LogP contribution < -0.4 is 15.3 Å². The van der Waals surface area contributed by atoms with E-state index in [1.54, 1.807) is 0 Å². The van der Waals surface area contributed by atoms with Crippen LogP contribution in [0.1, 0.15) is 0 Å². The SMILES string of the molecule is [B]NPOC(=O)NC(=NC)N(CCN(C)C)C(=O)PN[B]O. The van der Waals surface area contributed by atoms with Crippen molar-refractivity contribution >= 4 is 51.0 Å². The lowest BCUT2D eigenvalue weighted by Gasteiger charge is -2.25. The van der Waals surface area contributed by atoms with Crippen molar-refractivity contribution < 1.29 is 19.1 Å². The highest BCUT2D eigenvalue weighted by Crippen LogP contribution is 2.12. The molecule has 3 radical (unpaired) electrons. The largest absolute Gasteiger partial charge is 0.440 e. The summed E-state index contributed by atoms with van der Waals surface area (Å²) in [6, 6.07) is 0. The van der Waals surface area contributed by atoms with Crippen LogP contribution in [0.2, 0.25) is 0 Å². The molecular formula is C8H19B2N6O4P2. The molecule has 0 saturated carbocycles. The van der Waals surface area contributed by atoms with E-state index in [1.807, 2.05) is 19.0 Å². The van der Waals surface area contributed by atoms with Gasteiger partial charge in [-0.25, -0.2) is 4.79 Å². The highest BCUT2D eigenvalue weighted by atomic mass is 31.1. The van der Waals surface area contributed by atoms with Crippen LogP contribution in [0, 0.1) is 0 Å². The van der Waals surface area contributed by atoms with Crippen molar-refractivity contribution in [3.05, 3.63) is 0 Å². The molecule has 0 aliphatic rings. The normalized spacial score (nSPS) is 12.3. The fraction of sp³-hybridized carbons (Fsp3) is 0.625. The number of carbonyl (C=O) groups excluding carboxylic acids is 2. The van der Waals surface area contributed by atoms with Gasteiger partial charge >= 0.3 is 13.7 Å². The predicted octanol–water partition coefficient (Wildman–Crippen LogP) is -1.43. The second-order valence-corrected chi connectivity index (χ2v) is 5.63. The lowest BCUT2D eigenvalue weighted by atomic mass is 10.4. The van der Waals surface area contributed by atoms with Crippen molar-refractivity contribution in [2.24, 2.45) is 4.99 Å². The Kier molecular flexibility index (Phi) is 12.3. The van der Waals surface area contributed by atoms with E-state index in [0.29, 0.717) is 20.7 Å². The number of rotatable bonds is 8. The first kappa shape index (κ1) is 21.2. The zero-order valence-electron chi connectivity index (χ0n) is 12.6. The molecule has 2 amide bonds. The Hall–Kier alpha value is -0.760. The summed E-state index contributed by atoms with van der Waals surface area (Å²) in [5, 5.41) is 11.0. The van der Waals surface area contributed by atoms with Crippen LogP contribution >= 0.6 is 17.7 Å². The summed E-state index contributed by atoms with van der Waals surface area (Å²) in [4.78, 5) is 35.3. The van der Waals surface area contributed by atoms with E-state index in [1.165, 1.54) is 11.9 Å². The molecule has 0 saturated heterocycles. The average Bonchev–Trinajstić information content (AvgIpc) is 2.49. The second kappa shape index (κ2) is 12.8. The topological polar surface area (TPSA) is 119 Å². The molecule has 14 heteroatoms. The number of nitrogens with one attached hydrogen (secondary N) is 3. The van der Waals surface area contributed by atoms with Crippen molar-refractivity contribution in [2.45, 2.75) is 0 Å².